The van der Waals surface area contributed by atoms with Crippen molar-refractivity contribution in [3.63, 3.8) is 0 Å². The molecule has 0 saturated carbocycles. The van der Waals surface area contributed by atoms with Gasteiger partial charge in [0.1, 0.15) is 0 Å². The zero-order chi connectivity index (χ0) is 10.7. The topological polar surface area (TPSA) is 45.8 Å². The van der Waals surface area contributed by atoms with Gasteiger partial charge in [-0.15, -0.1) is 0 Å². The lowest BCUT2D eigenvalue weighted by molar-refractivity contribution is 0.0984. The van der Waals surface area contributed by atoms with E-state index in [4.69, 9.17) is 0 Å². The molecule has 0 atom stereocenters. The predicted molar refractivity (Wildman–Crippen MR) is 65.8 cm³/mol. The molecule has 1 heterocycles. The third-order valence-electron chi connectivity index (χ3n) is 2.04. The van der Waals surface area contributed by atoms with E-state index in [0.29, 0.717) is 12.2 Å². The Labute approximate surface area is 101 Å². The summed E-state index contributed by atoms with van der Waals surface area (Å²) in [5.74, 6) is 0.440. The molecule has 1 aromatic carbocycles. The normalized spacial score (nSPS) is 10.2. The second-order valence-electron chi connectivity index (χ2n) is 3.16. The number of aromatic amines is 1. The maximum Gasteiger partial charge on any atom is 0.202 e. The Kier molecular flexibility index (Phi) is 3.15. The van der Waals surface area contributed by atoms with E-state index in [1.165, 1.54) is 3.57 Å². The van der Waals surface area contributed by atoms with Gasteiger partial charge in [0.15, 0.2) is 5.82 Å². The Morgan fingerprint density at radius 2 is 2.07 bits per heavy atom. The second-order valence-corrected chi connectivity index (χ2v) is 4.41. The molecule has 0 saturated heterocycles. The number of Topliss-reactive ketones (excluding diaryl/α,β-unsaturated/α-hetero) is 1. The molecule has 0 amide bonds. The number of H-pyrrole nitrogens is 1. The molecule has 0 bridgehead atoms. The van der Waals surface area contributed by atoms with Crippen molar-refractivity contribution in [3.05, 3.63) is 51.6 Å². The summed E-state index contributed by atoms with van der Waals surface area (Å²) in [6.07, 6.45) is 3.63. The molecule has 0 radical (unpaired) electrons. The lowest BCUT2D eigenvalue weighted by Crippen LogP contribution is -2.05. The Balaban J connectivity index is 2.09. The van der Waals surface area contributed by atoms with Crippen molar-refractivity contribution in [2.24, 2.45) is 0 Å². The summed E-state index contributed by atoms with van der Waals surface area (Å²) >= 11 is 2.24. The van der Waals surface area contributed by atoms with E-state index in [-0.39, 0.29) is 5.78 Å². The van der Waals surface area contributed by atoms with Gasteiger partial charge in [-0.2, -0.15) is 0 Å². The summed E-state index contributed by atoms with van der Waals surface area (Å²) in [6, 6.07) is 7.90. The lowest BCUT2D eigenvalue weighted by atomic mass is 10.1. The molecule has 0 unspecified atom stereocenters. The molecule has 2 aromatic rings. The van der Waals surface area contributed by atoms with Crippen LogP contribution in [0.15, 0.2) is 36.7 Å². The molecular weight excluding hydrogens is 303 g/mol. The van der Waals surface area contributed by atoms with Gasteiger partial charge in [0.05, 0.1) is 0 Å². The fraction of sp³-hybridized carbons (Fsp3) is 0.0909. The number of nitrogens with zero attached hydrogens (tertiary/aromatic N) is 1. The largest absolute Gasteiger partial charge is 0.342 e. The van der Waals surface area contributed by atoms with Crippen LogP contribution in [0.3, 0.4) is 0 Å². The Morgan fingerprint density at radius 1 is 1.33 bits per heavy atom. The number of hydrogen-bond donors (Lipinski definition) is 1. The summed E-state index contributed by atoms with van der Waals surface area (Å²) in [7, 11) is 0. The molecule has 2 rings (SSSR count). The number of ketones is 1. The first kappa shape index (κ1) is 10.4. The van der Waals surface area contributed by atoms with E-state index in [1.54, 1.807) is 12.4 Å². The van der Waals surface area contributed by atoms with Crippen LogP contribution in [-0.4, -0.2) is 15.8 Å². The van der Waals surface area contributed by atoms with Crippen molar-refractivity contribution in [1.29, 1.82) is 0 Å². The van der Waals surface area contributed by atoms with Crippen molar-refractivity contribution in [3.8, 4) is 0 Å². The van der Waals surface area contributed by atoms with Gasteiger partial charge in [0.25, 0.3) is 0 Å². The van der Waals surface area contributed by atoms with Gasteiger partial charge in [-0.25, -0.2) is 4.98 Å². The minimum atomic E-state index is 0.0150. The molecule has 1 N–H and O–H groups in total. The van der Waals surface area contributed by atoms with Crippen molar-refractivity contribution in [2.45, 2.75) is 6.42 Å². The van der Waals surface area contributed by atoms with Gasteiger partial charge < -0.3 is 4.98 Å². The predicted octanol–water partition coefficient (Wildman–Crippen LogP) is 2.44. The highest BCUT2D eigenvalue weighted by atomic mass is 127. The van der Waals surface area contributed by atoms with Crippen LogP contribution in [0.5, 0.6) is 0 Å². The van der Waals surface area contributed by atoms with Crippen LogP contribution in [0.1, 0.15) is 16.2 Å². The zero-order valence-corrected chi connectivity index (χ0v) is 10.1. The number of imidazole rings is 1. The third-order valence-corrected chi connectivity index (χ3v) is 2.76. The summed E-state index contributed by atoms with van der Waals surface area (Å²) in [6.45, 7) is 0. The average Bonchev–Trinajstić information content (AvgIpc) is 2.74. The molecule has 0 aliphatic heterocycles. The van der Waals surface area contributed by atoms with Crippen LogP contribution in [0.2, 0.25) is 0 Å². The van der Waals surface area contributed by atoms with Crippen LogP contribution in [-0.2, 0) is 6.42 Å². The highest BCUT2D eigenvalue weighted by Crippen LogP contribution is 2.08. The monoisotopic (exact) mass is 312 g/mol. The molecule has 3 nitrogen and oxygen atoms in total. The summed E-state index contributed by atoms with van der Waals surface area (Å²) in [5.41, 5.74) is 1.01. The molecule has 4 heteroatoms. The quantitative estimate of drug-likeness (QED) is 0.699. The first-order valence-corrected chi connectivity index (χ1v) is 5.60. The standard InChI is InChI=1S/C11H9IN2O/c12-9-3-1-8(2-4-9)7-10(15)11-13-5-6-14-11/h1-6H,7H2,(H,13,14). The molecule has 0 aliphatic rings. The first-order valence-electron chi connectivity index (χ1n) is 4.53. The van der Waals surface area contributed by atoms with Crippen LogP contribution < -0.4 is 0 Å². The molecule has 0 spiro atoms. The average molecular weight is 312 g/mol. The van der Waals surface area contributed by atoms with Crippen molar-refractivity contribution < 1.29 is 4.79 Å². The van der Waals surface area contributed by atoms with E-state index in [2.05, 4.69) is 32.6 Å². The summed E-state index contributed by atoms with van der Waals surface area (Å²) < 4.78 is 1.17. The van der Waals surface area contributed by atoms with Gasteiger partial charge in [-0.05, 0) is 40.3 Å². The molecule has 0 fully saturated rings. The van der Waals surface area contributed by atoms with Gasteiger partial charge in [-0.3, -0.25) is 4.79 Å². The van der Waals surface area contributed by atoms with Gasteiger partial charge in [-0.1, -0.05) is 12.1 Å². The highest BCUT2D eigenvalue weighted by Gasteiger charge is 2.08. The van der Waals surface area contributed by atoms with Crippen molar-refractivity contribution in [2.75, 3.05) is 0 Å². The number of hydrogen-bond acceptors (Lipinski definition) is 2. The van der Waals surface area contributed by atoms with E-state index >= 15 is 0 Å². The Hall–Kier alpha value is -1.17. The molecule has 1 aromatic heterocycles. The van der Waals surface area contributed by atoms with Crippen molar-refractivity contribution >= 4 is 28.4 Å². The zero-order valence-electron chi connectivity index (χ0n) is 7.90. The Bertz CT molecular complexity index is 448. The number of carbonyl (C=O) groups excluding carboxylic acids is 1. The van der Waals surface area contributed by atoms with Crippen LogP contribution in [0, 0.1) is 3.57 Å². The number of carbonyl (C=O) groups is 1. The lowest BCUT2D eigenvalue weighted by Gasteiger charge is -1.98. The molecule has 15 heavy (non-hydrogen) atoms. The highest BCUT2D eigenvalue weighted by molar-refractivity contribution is 14.1. The van der Waals surface area contributed by atoms with E-state index in [1.807, 2.05) is 24.3 Å². The minimum Gasteiger partial charge on any atom is -0.342 e. The number of benzene rings is 1. The SMILES string of the molecule is O=C(Cc1ccc(I)cc1)c1ncc[nH]1. The molecular formula is C11H9IN2O. The summed E-state index contributed by atoms with van der Waals surface area (Å²) in [4.78, 5) is 18.4. The maximum atomic E-state index is 11.7. The molecule has 0 aliphatic carbocycles. The van der Waals surface area contributed by atoms with Crippen LogP contribution >= 0.6 is 22.6 Å². The smallest absolute Gasteiger partial charge is 0.202 e. The number of halogens is 1. The van der Waals surface area contributed by atoms with Gasteiger partial charge in [0.2, 0.25) is 5.78 Å². The third kappa shape index (κ3) is 2.65. The second kappa shape index (κ2) is 4.57. The number of rotatable bonds is 3. The van der Waals surface area contributed by atoms with E-state index < -0.39 is 0 Å². The van der Waals surface area contributed by atoms with Gasteiger partial charge >= 0.3 is 0 Å². The fourth-order valence-corrected chi connectivity index (χ4v) is 1.65. The molecule has 76 valence electrons. The Morgan fingerprint density at radius 3 is 2.67 bits per heavy atom. The van der Waals surface area contributed by atoms with Crippen LogP contribution in [0.4, 0.5) is 0 Å². The van der Waals surface area contributed by atoms with E-state index in [0.717, 1.165) is 5.56 Å². The maximum absolute atomic E-state index is 11.7. The minimum absolute atomic E-state index is 0.0150. The van der Waals surface area contributed by atoms with Crippen molar-refractivity contribution in [1.82, 2.24) is 9.97 Å². The number of nitrogens with one attached hydrogen (secondary N) is 1. The summed E-state index contributed by atoms with van der Waals surface area (Å²) in [5, 5.41) is 0. The van der Waals surface area contributed by atoms with E-state index in [9.17, 15) is 4.79 Å². The number of aromatic nitrogens is 2. The van der Waals surface area contributed by atoms with Crippen LogP contribution in [0.25, 0.3) is 0 Å². The first-order chi connectivity index (χ1) is 7.25. The van der Waals surface area contributed by atoms with Gasteiger partial charge in [0, 0.05) is 22.4 Å². The fourth-order valence-electron chi connectivity index (χ4n) is 1.29.